The quantitative estimate of drug-likeness (QED) is 0.0173. The first-order valence-electron chi connectivity index (χ1n) is 25.1. The topological polar surface area (TPSA) is 212 Å². The predicted octanol–water partition coefficient (Wildman–Crippen LogP) is 9.41. The van der Waals surface area contributed by atoms with Crippen LogP contribution in [0.25, 0.3) is 0 Å². The van der Waals surface area contributed by atoms with Crippen molar-refractivity contribution in [1.29, 1.82) is 0 Å². The number of amides is 1. The number of hydrogen-bond acceptors (Lipinski definition) is 11. The van der Waals surface area contributed by atoms with Gasteiger partial charge in [0, 0.05) is 0 Å². The monoisotopic (exact) mass is 930 g/mol. The van der Waals surface area contributed by atoms with Gasteiger partial charge in [-0.15, -0.1) is 0 Å². The second kappa shape index (κ2) is 40.1. The van der Waals surface area contributed by atoms with Crippen molar-refractivity contribution in [2.75, 3.05) is 13.2 Å². The summed E-state index contributed by atoms with van der Waals surface area (Å²) < 4.78 is 47.6. The minimum atomic E-state index is -5.13. The van der Waals surface area contributed by atoms with Crippen LogP contribution in [0.3, 0.4) is 0 Å². The minimum absolute atomic E-state index is 0.226. The molecule has 0 aliphatic carbocycles. The molecule has 1 aliphatic heterocycles. The maximum absolute atomic E-state index is 13.1. The molecule has 64 heavy (non-hydrogen) atoms. The highest BCUT2D eigenvalue weighted by Gasteiger charge is 2.48. The van der Waals surface area contributed by atoms with Gasteiger partial charge in [0.1, 0.15) is 30.5 Å². The smallest absolute Gasteiger partial charge is 0.394 e. The third-order valence-electron chi connectivity index (χ3n) is 11.7. The van der Waals surface area contributed by atoms with Crippen LogP contribution in [0.15, 0.2) is 48.6 Å². The number of unbranched alkanes of at least 4 members (excludes halogenated alkanes) is 23. The number of aliphatic hydroxyl groups is 5. The van der Waals surface area contributed by atoms with Crippen molar-refractivity contribution in [3.63, 3.8) is 0 Å². The first-order valence-corrected chi connectivity index (χ1v) is 26.5. The Bertz CT molecular complexity index is 1340. The molecule has 0 radical (unpaired) electrons. The molecule has 0 aromatic carbocycles. The third kappa shape index (κ3) is 31.9. The zero-order chi connectivity index (χ0) is 47.1. The van der Waals surface area contributed by atoms with E-state index in [1.54, 1.807) is 6.08 Å². The molecule has 0 spiro atoms. The van der Waals surface area contributed by atoms with Gasteiger partial charge in [0.15, 0.2) is 6.29 Å². The lowest BCUT2D eigenvalue weighted by Gasteiger charge is -2.41. The van der Waals surface area contributed by atoms with Crippen LogP contribution in [0.5, 0.6) is 0 Å². The maximum atomic E-state index is 13.1. The lowest BCUT2D eigenvalue weighted by molar-refractivity contribution is -0.298. The largest absolute Gasteiger partial charge is 0.397 e. The van der Waals surface area contributed by atoms with Gasteiger partial charge in [-0.1, -0.05) is 178 Å². The van der Waals surface area contributed by atoms with Crippen molar-refractivity contribution in [3.8, 4) is 0 Å². The van der Waals surface area contributed by atoms with Crippen LogP contribution >= 0.6 is 0 Å². The maximum Gasteiger partial charge on any atom is 0.397 e. The number of nitrogens with one attached hydrogen (secondary N) is 1. The van der Waals surface area contributed by atoms with E-state index in [1.165, 1.54) is 102 Å². The van der Waals surface area contributed by atoms with Gasteiger partial charge < -0.3 is 40.3 Å². The number of allylic oxidation sites excluding steroid dienone is 7. The van der Waals surface area contributed by atoms with E-state index in [-0.39, 0.29) is 6.42 Å². The predicted molar refractivity (Wildman–Crippen MR) is 256 cm³/mol. The van der Waals surface area contributed by atoms with E-state index in [0.29, 0.717) is 12.8 Å². The molecule has 1 rings (SSSR count). The fourth-order valence-electron chi connectivity index (χ4n) is 7.66. The third-order valence-corrected chi connectivity index (χ3v) is 12.1. The average molecular weight is 930 g/mol. The molecule has 0 saturated carbocycles. The van der Waals surface area contributed by atoms with E-state index in [1.807, 2.05) is 0 Å². The van der Waals surface area contributed by atoms with E-state index in [9.17, 15) is 43.3 Å². The van der Waals surface area contributed by atoms with Crippen molar-refractivity contribution in [2.45, 2.75) is 249 Å². The van der Waals surface area contributed by atoms with Gasteiger partial charge in [-0.3, -0.25) is 9.35 Å². The van der Waals surface area contributed by atoms with Crippen LogP contribution in [0, 0.1) is 0 Å². The van der Waals surface area contributed by atoms with Crippen molar-refractivity contribution >= 4 is 16.3 Å². The first-order chi connectivity index (χ1) is 30.9. The number of hydrogen-bond donors (Lipinski definition) is 7. The van der Waals surface area contributed by atoms with Crippen molar-refractivity contribution in [2.24, 2.45) is 0 Å². The number of ether oxygens (including phenoxy) is 2. The zero-order valence-corrected chi connectivity index (χ0v) is 40.5. The Morgan fingerprint density at radius 2 is 1.05 bits per heavy atom. The first kappa shape index (κ1) is 60.0. The molecule has 13 nitrogen and oxygen atoms in total. The van der Waals surface area contributed by atoms with Gasteiger partial charge in [-0.25, -0.2) is 4.18 Å². The molecule has 1 fully saturated rings. The van der Waals surface area contributed by atoms with Crippen molar-refractivity contribution < 1.29 is 57.0 Å². The van der Waals surface area contributed by atoms with E-state index in [2.05, 4.69) is 59.8 Å². The van der Waals surface area contributed by atoms with Gasteiger partial charge in [-0.05, 0) is 70.6 Å². The van der Waals surface area contributed by atoms with Gasteiger partial charge in [-0.2, -0.15) is 8.42 Å². The fraction of sp³-hybridized carbons (Fsp3) is 0.820. The average Bonchev–Trinajstić information content (AvgIpc) is 3.27. The summed E-state index contributed by atoms with van der Waals surface area (Å²) in [5, 5.41) is 55.3. The highest BCUT2D eigenvalue weighted by Crippen LogP contribution is 2.26. The molecule has 374 valence electrons. The minimum Gasteiger partial charge on any atom is -0.394 e. The molecule has 7 N–H and O–H groups in total. The number of carbonyl (C=O) groups excluding carboxylic acids is 1. The summed E-state index contributed by atoms with van der Waals surface area (Å²) >= 11 is 0. The summed E-state index contributed by atoms with van der Waals surface area (Å²) in [5.41, 5.74) is 0. The molecule has 8 unspecified atom stereocenters. The summed E-state index contributed by atoms with van der Waals surface area (Å²) in [6, 6.07) is -1.15. The zero-order valence-electron chi connectivity index (χ0n) is 39.7. The van der Waals surface area contributed by atoms with Crippen LogP contribution in [0.4, 0.5) is 0 Å². The molecule has 1 amide bonds. The lowest BCUT2D eigenvalue weighted by Crippen LogP contribution is -2.61. The molecule has 1 heterocycles. The van der Waals surface area contributed by atoms with Gasteiger partial charge >= 0.3 is 10.4 Å². The molecule has 0 bridgehead atoms. The molecular formula is C50H91NO12S. The Hall–Kier alpha value is -1.98. The second-order valence-corrected chi connectivity index (χ2v) is 18.6. The van der Waals surface area contributed by atoms with Crippen LogP contribution in [0.2, 0.25) is 0 Å². The number of aliphatic hydroxyl groups excluding tert-OH is 5. The normalized spacial score (nSPS) is 21.2. The summed E-state index contributed by atoms with van der Waals surface area (Å²) in [4.78, 5) is 13.1. The second-order valence-electron chi connectivity index (χ2n) is 17.5. The standard InChI is InChI=1S/C50H91NO12S/c1-3-5-7-9-11-13-15-17-19-21-22-23-25-27-29-31-33-35-37-39-44(54)49(57)51-42(41-61-50-47(56)48(63-64(58,59)60)46(55)45(40-52)62-50)43(53)38-36-34-32-30-28-26-24-20-18-16-14-12-10-8-6-4-2/h18,20,22-23,28,30,36,38,42-48,50,52-56H,3-17,19,21,24-27,29,31-35,37,39-41H2,1-2H3,(H,51,57)(H,58,59,60)/b20-18+,23-22-,30-28+,38-36+. The van der Waals surface area contributed by atoms with Gasteiger partial charge in [0.2, 0.25) is 5.91 Å². The molecule has 1 saturated heterocycles. The molecule has 0 aromatic rings. The molecule has 14 heteroatoms. The Labute approximate surface area is 388 Å². The highest BCUT2D eigenvalue weighted by molar-refractivity contribution is 7.80. The van der Waals surface area contributed by atoms with E-state index in [0.717, 1.165) is 70.6 Å². The SMILES string of the molecule is CCCCCCCC/C=C/CC/C=C/CC/C=C/C(O)C(COC1OC(CO)C(O)C(OS(=O)(=O)O)C1O)NC(=O)C(O)CCCCCCCC/C=C\CCCCCCCCCCC. The Balaban J connectivity index is 2.57. The lowest BCUT2D eigenvalue weighted by atomic mass is 9.99. The fourth-order valence-corrected chi connectivity index (χ4v) is 8.17. The van der Waals surface area contributed by atoms with Crippen LogP contribution in [-0.2, 0) is 28.9 Å². The van der Waals surface area contributed by atoms with Gasteiger partial charge in [0.25, 0.3) is 0 Å². The van der Waals surface area contributed by atoms with Gasteiger partial charge in [0.05, 0.1) is 25.4 Å². The Kier molecular flexibility index (Phi) is 37.6. The Morgan fingerprint density at radius 1 is 0.625 bits per heavy atom. The number of rotatable bonds is 42. The van der Waals surface area contributed by atoms with Crippen molar-refractivity contribution in [1.82, 2.24) is 5.32 Å². The summed E-state index contributed by atoms with van der Waals surface area (Å²) in [7, 11) is -5.13. The van der Waals surface area contributed by atoms with Crippen LogP contribution in [0.1, 0.15) is 200 Å². The summed E-state index contributed by atoms with van der Waals surface area (Å²) in [6.45, 7) is 3.19. The van der Waals surface area contributed by atoms with E-state index < -0.39 is 78.5 Å². The molecule has 8 atom stereocenters. The highest BCUT2D eigenvalue weighted by atomic mass is 32.3. The molecule has 0 aromatic heterocycles. The van der Waals surface area contributed by atoms with Crippen LogP contribution in [-0.4, -0.2) is 107 Å². The van der Waals surface area contributed by atoms with E-state index in [4.69, 9.17) is 9.47 Å². The number of carbonyl (C=O) groups is 1. The van der Waals surface area contributed by atoms with Crippen LogP contribution < -0.4 is 5.32 Å². The Morgan fingerprint density at radius 3 is 1.50 bits per heavy atom. The summed E-state index contributed by atoms with van der Waals surface area (Å²) in [6.07, 6.45) is 37.6. The van der Waals surface area contributed by atoms with Crippen molar-refractivity contribution in [3.05, 3.63) is 48.6 Å². The molecular weight excluding hydrogens is 839 g/mol. The van der Waals surface area contributed by atoms with E-state index >= 15 is 0 Å². The summed E-state index contributed by atoms with van der Waals surface area (Å²) in [5.74, 6) is -0.722. The molecule has 1 aliphatic rings.